The predicted molar refractivity (Wildman–Crippen MR) is 66.4 cm³/mol. The Morgan fingerprint density at radius 1 is 1.53 bits per heavy atom. The third-order valence-electron chi connectivity index (χ3n) is 2.60. The molecule has 2 rings (SSSR count). The van der Waals surface area contributed by atoms with E-state index in [0.717, 1.165) is 33.7 Å². The number of aliphatic hydroxyl groups excluding tert-OH is 1. The van der Waals surface area contributed by atoms with E-state index in [0.29, 0.717) is 0 Å². The van der Waals surface area contributed by atoms with Crippen LogP contribution in [-0.4, -0.2) is 18.0 Å². The summed E-state index contributed by atoms with van der Waals surface area (Å²) in [6.45, 7) is 0. The lowest BCUT2D eigenvalue weighted by Crippen LogP contribution is -2.03. The standard InChI is InChI=1S/C11H13BrO2S/c1-14-10-3-2-8(12)7-6-15-5-4-9(13)11(7)10/h2-3,9,13H,4-6H2,1H3/t9-/m1/s1. The summed E-state index contributed by atoms with van der Waals surface area (Å²) in [6.07, 6.45) is 0.396. The van der Waals surface area contributed by atoms with Gasteiger partial charge in [-0.3, -0.25) is 0 Å². The molecule has 0 radical (unpaired) electrons. The van der Waals surface area contributed by atoms with Crippen LogP contribution in [0.25, 0.3) is 0 Å². The summed E-state index contributed by atoms with van der Waals surface area (Å²) in [7, 11) is 1.65. The largest absolute Gasteiger partial charge is 0.496 e. The van der Waals surface area contributed by atoms with Gasteiger partial charge in [0, 0.05) is 15.8 Å². The molecule has 1 aliphatic heterocycles. The molecule has 1 aliphatic rings. The topological polar surface area (TPSA) is 29.5 Å². The van der Waals surface area contributed by atoms with Crippen molar-refractivity contribution in [3.8, 4) is 5.75 Å². The Balaban J connectivity index is 2.56. The van der Waals surface area contributed by atoms with Crippen LogP contribution in [0.4, 0.5) is 0 Å². The Morgan fingerprint density at radius 2 is 2.33 bits per heavy atom. The molecule has 82 valence electrons. The molecule has 1 atom stereocenters. The first-order valence-corrected chi connectivity index (χ1v) is 6.80. The van der Waals surface area contributed by atoms with Crippen molar-refractivity contribution in [2.75, 3.05) is 12.9 Å². The van der Waals surface area contributed by atoms with Gasteiger partial charge in [-0.05, 0) is 29.9 Å². The number of aliphatic hydroxyl groups is 1. The summed E-state index contributed by atoms with van der Waals surface area (Å²) < 4.78 is 6.37. The average molecular weight is 289 g/mol. The van der Waals surface area contributed by atoms with Gasteiger partial charge in [0.05, 0.1) is 13.2 Å². The number of fused-ring (bicyclic) bond motifs is 1. The van der Waals surface area contributed by atoms with Gasteiger partial charge < -0.3 is 9.84 Å². The van der Waals surface area contributed by atoms with Crippen LogP contribution < -0.4 is 4.74 Å². The predicted octanol–water partition coefficient (Wildman–Crippen LogP) is 3.13. The van der Waals surface area contributed by atoms with Crippen LogP contribution in [0.3, 0.4) is 0 Å². The van der Waals surface area contributed by atoms with Gasteiger partial charge in [-0.15, -0.1) is 0 Å². The summed E-state index contributed by atoms with van der Waals surface area (Å²) in [6, 6.07) is 3.89. The zero-order valence-corrected chi connectivity index (χ0v) is 10.9. The number of benzene rings is 1. The number of thioether (sulfide) groups is 1. The van der Waals surface area contributed by atoms with Crippen molar-refractivity contribution in [2.24, 2.45) is 0 Å². The van der Waals surface area contributed by atoms with Crippen LogP contribution in [0.1, 0.15) is 23.7 Å². The fraction of sp³-hybridized carbons (Fsp3) is 0.455. The summed E-state index contributed by atoms with van der Waals surface area (Å²) in [5.74, 6) is 2.72. The van der Waals surface area contributed by atoms with Gasteiger partial charge in [-0.2, -0.15) is 11.8 Å². The monoisotopic (exact) mass is 288 g/mol. The molecule has 2 nitrogen and oxygen atoms in total. The van der Waals surface area contributed by atoms with E-state index in [1.165, 1.54) is 5.56 Å². The number of ether oxygens (including phenoxy) is 1. The lowest BCUT2D eigenvalue weighted by atomic mass is 10.0. The minimum Gasteiger partial charge on any atom is -0.496 e. The molecule has 0 saturated carbocycles. The van der Waals surface area contributed by atoms with E-state index in [4.69, 9.17) is 4.74 Å². The molecule has 0 aliphatic carbocycles. The maximum atomic E-state index is 10.1. The summed E-state index contributed by atoms with van der Waals surface area (Å²) >= 11 is 5.38. The van der Waals surface area contributed by atoms with Crippen molar-refractivity contribution in [2.45, 2.75) is 18.3 Å². The third-order valence-corrected chi connectivity index (χ3v) is 4.36. The molecule has 0 saturated heterocycles. The molecule has 0 unspecified atom stereocenters. The zero-order chi connectivity index (χ0) is 10.8. The molecule has 1 aromatic carbocycles. The maximum absolute atomic E-state index is 10.1. The summed E-state index contributed by atoms with van der Waals surface area (Å²) in [4.78, 5) is 0. The van der Waals surface area contributed by atoms with Crippen LogP contribution in [-0.2, 0) is 5.75 Å². The fourth-order valence-electron chi connectivity index (χ4n) is 1.82. The lowest BCUT2D eigenvalue weighted by Gasteiger charge is -2.16. The highest BCUT2D eigenvalue weighted by Gasteiger charge is 2.22. The zero-order valence-electron chi connectivity index (χ0n) is 8.50. The quantitative estimate of drug-likeness (QED) is 0.861. The molecule has 1 heterocycles. The summed E-state index contributed by atoms with van der Waals surface area (Å²) in [5, 5.41) is 10.1. The van der Waals surface area contributed by atoms with E-state index in [-0.39, 0.29) is 0 Å². The Bertz CT molecular complexity index is 368. The Kier molecular flexibility index (Phi) is 3.59. The molecular weight excluding hydrogens is 276 g/mol. The van der Waals surface area contributed by atoms with Crippen LogP contribution >= 0.6 is 27.7 Å². The Hall–Kier alpha value is -0.190. The van der Waals surface area contributed by atoms with Gasteiger partial charge in [-0.1, -0.05) is 15.9 Å². The summed E-state index contributed by atoms with van der Waals surface area (Å²) in [5.41, 5.74) is 2.13. The molecule has 0 fully saturated rings. The van der Waals surface area contributed by atoms with Gasteiger partial charge in [0.25, 0.3) is 0 Å². The van der Waals surface area contributed by atoms with Gasteiger partial charge >= 0.3 is 0 Å². The van der Waals surface area contributed by atoms with Crippen molar-refractivity contribution in [1.82, 2.24) is 0 Å². The number of methoxy groups -OCH3 is 1. The van der Waals surface area contributed by atoms with Crippen LogP contribution in [0, 0.1) is 0 Å². The van der Waals surface area contributed by atoms with Crippen molar-refractivity contribution in [3.05, 3.63) is 27.7 Å². The smallest absolute Gasteiger partial charge is 0.125 e. The van der Waals surface area contributed by atoms with E-state index in [1.54, 1.807) is 7.11 Å². The van der Waals surface area contributed by atoms with Crippen molar-refractivity contribution >= 4 is 27.7 Å². The number of halogens is 1. The molecule has 0 bridgehead atoms. The molecule has 15 heavy (non-hydrogen) atoms. The second-order valence-electron chi connectivity index (χ2n) is 3.50. The minimum absolute atomic E-state index is 0.401. The van der Waals surface area contributed by atoms with Crippen LogP contribution in [0.15, 0.2) is 16.6 Å². The second-order valence-corrected chi connectivity index (χ2v) is 5.46. The highest BCUT2D eigenvalue weighted by Crippen LogP contribution is 2.40. The van der Waals surface area contributed by atoms with E-state index in [1.807, 2.05) is 23.9 Å². The first-order chi connectivity index (χ1) is 7.24. The van der Waals surface area contributed by atoms with Crippen LogP contribution in [0.5, 0.6) is 5.75 Å². The van der Waals surface area contributed by atoms with E-state index < -0.39 is 6.10 Å². The average Bonchev–Trinajstić information content (AvgIpc) is 2.43. The first kappa shape index (κ1) is 11.3. The molecule has 0 spiro atoms. The molecule has 1 aromatic rings. The van der Waals surface area contributed by atoms with E-state index in [2.05, 4.69) is 15.9 Å². The fourth-order valence-corrected chi connectivity index (χ4v) is 3.54. The van der Waals surface area contributed by atoms with E-state index >= 15 is 0 Å². The molecule has 0 amide bonds. The minimum atomic E-state index is -0.401. The molecular formula is C11H13BrO2S. The number of rotatable bonds is 1. The third kappa shape index (κ3) is 2.17. The SMILES string of the molecule is COc1ccc(Br)c2c1[C@H](O)CCSC2. The first-order valence-electron chi connectivity index (χ1n) is 4.85. The molecule has 0 aromatic heterocycles. The molecule has 4 heteroatoms. The van der Waals surface area contributed by atoms with E-state index in [9.17, 15) is 5.11 Å². The van der Waals surface area contributed by atoms with Gasteiger partial charge in [0.2, 0.25) is 0 Å². The number of hydrogen-bond acceptors (Lipinski definition) is 3. The highest BCUT2D eigenvalue weighted by atomic mass is 79.9. The van der Waals surface area contributed by atoms with Gasteiger partial charge in [0.15, 0.2) is 0 Å². The van der Waals surface area contributed by atoms with Crippen molar-refractivity contribution in [3.63, 3.8) is 0 Å². The lowest BCUT2D eigenvalue weighted by molar-refractivity contribution is 0.170. The van der Waals surface area contributed by atoms with Crippen molar-refractivity contribution < 1.29 is 9.84 Å². The van der Waals surface area contributed by atoms with Crippen molar-refractivity contribution in [1.29, 1.82) is 0 Å². The van der Waals surface area contributed by atoms with Gasteiger partial charge in [0.1, 0.15) is 5.75 Å². The van der Waals surface area contributed by atoms with Gasteiger partial charge in [-0.25, -0.2) is 0 Å². The second kappa shape index (κ2) is 4.76. The Labute approximate surface area is 102 Å². The normalized spacial score (nSPS) is 20.6. The number of hydrogen-bond donors (Lipinski definition) is 1. The molecule has 1 N–H and O–H groups in total. The maximum Gasteiger partial charge on any atom is 0.125 e. The highest BCUT2D eigenvalue weighted by molar-refractivity contribution is 9.10. The van der Waals surface area contributed by atoms with Crippen LogP contribution in [0.2, 0.25) is 0 Å². The Morgan fingerprint density at radius 3 is 3.07 bits per heavy atom.